The second kappa shape index (κ2) is 7.47. The smallest absolute Gasteiger partial charge is 0.0767 e. The fourth-order valence-corrected chi connectivity index (χ4v) is 4.14. The Kier molecular flexibility index (Phi) is 5.90. The number of thioether (sulfide) groups is 1. The summed E-state index contributed by atoms with van der Waals surface area (Å²) in [4.78, 5) is 1.29. The molecule has 0 spiro atoms. The van der Waals surface area contributed by atoms with Crippen molar-refractivity contribution in [1.82, 2.24) is 15.1 Å². The first-order valence-electron chi connectivity index (χ1n) is 7.17. The Morgan fingerprint density at radius 3 is 2.81 bits per heavy atom. The van der Waals surface area contributed by atoms with Crippen LogP contribution in [0.15, 0.2) is 33.6 Å². The quantitative estimate of drug-likeness (QED) is 0.771. The molecule has 0 saturated carbocycles. The molecule has 1 aromatic carbocycles. The van der Waals surface area contributed by atoms with Gasteiger partial charge in [0.15, 0.2) is 0 Å². The number of aryl methyl sites for hydroxylation is 2. The van der Waals surface area contributed by atoms with Gasteiger partial charge in [0, 0.05) is 23.7 Å². The van der Waals surface area contributed by atoms with Gasteiger partial charge in [0.1, 0.15) is 0 Å². The van der Waals surface area contributed by atoms with Crippen molar-refractivity contribution in [3.63, 3.8) is 0 Å². The third kappa shape index (κ3) is 3.90. The van der Waals surface area contributed by atoms with Crippen molar-refractivity contribution in [3.8, 4) is 0 Å². The van der Waals surface area contributed by atoms with E-state index in [1.165, 1.54) is 16.2 Å². The molecule has 1 aromatic heterocycles. The topological polar surface area (TPSA) is 29.9 Å². The van der Waals surface area contributed by atoms with E-state index in [-0.39, 0.29) is 0 Å². The van der Waals surface area contributed by atoms with Crippen LogP contribution in [0.4, 0.5) is 0 Å². The molecule has 2 rings (SSSR count). The molecule has 21 heavy (non-hydrogen) atoms. The molecule has 0 aliphatic carbocycles. The van der Waals surface area contributed by atoms with Crippen LogP contribution in [-0.4, -0.2) is 16.8 Å². The minimum atomic E-state index is 0.376. The molecule has 1 atom stereocenters. The van der Waals surface area contributed by atoms with E-state index < -0.39 is 0 Å². The average Bonchev–Trinajstić information content (AvgIpc) is 2.78. The van der Waals surface area contributed by atoms with Crippen molar-refractivity contribution < 1.29 is 0 Å². The van der Waals surface area contributed by atoms with Gasteiger partial charge in [0.05, 0.1) is 15.9 Å². The Bertz CT molecular complexity index is 610. The summed E-state index contributed by atoms with van der Waals surface area (Å²) in [6.45, 7) is 4.31. The highest BCUT2D eigenvalue weighted by molar-refractivity contribution is 9.10. The number of halogens is 1. The maximum atomic E-state index is 4.55. The van der Waals surface area contributed by atoms with Crippen molar-refractivity contribution in [1.29, 1.82) is 0 Å². The average molecular weight is 368 g/mol. The van der Waals surface area contributed by atoms with Crippen LogP contribution in [0.1, 0.15) is 36.8 Å². The zero-order valence-electron chi connectivity index (χ0n) is 13.0. The van der Waals surface area contributed by atoms with Crippen LogP contribution in [0.2, 0.25) is 0 Å². The number of nitrogens with one attached hydrogen (secondary N) is 1. The summed E-state index contributed by atoms with van der Waals surface area (Å²) in [7, 11) is 4.00. The molecule has 3 nitrogen and oxygen atoms in total. The Balaban J connectivity index is 2.11. The van der Waals surface area contributed by atoms with Gasteiger partial charge in [0.2, 0.25) is 0 Å². The van der Waals surface area contributed by atoms with Gasteiger partial charge in [-0.2, -0.15) is 5.10 Å². The van der Waals surface area contributed by atoms with Gasteiger partial charge in [-0.1, -0.05) is 19.1 Å². The third-order valence-corrected chi connectivity index (χ3v) is 5.59. The van der Waals surface area contributed by atoms with E-state index in [2.05, 4.69) is 64.5 Å². The van der Waals surface area contributed by atoms with Crippen LogP contribution >= 0.6 is 27.7 Å². The summed E-state index contributed by atoms with van der Waals surface area (Å²) in [5.74, 6) is 0.918. The number of benzene rings is 1. The Morgan fingerprint density at radius 2 is 2.19 bits per heavy atom. The second-order valence-corrected chi connectivity index (χ2v) is 6.90. The third-order valence-electron chi connectivity index (χ3n) is 3.67. The highest BCUT2D eigenvalue weighted by atomic mass is 79.9. The Hall–Kier alpha value is -0.780. The molecule has 0 aliphatic rings. The summed E-state index contributed by atoms with van der Waals surface area (Å²) in [6.07, 6.45) is 0.953. The lowest BCUT2D eigenvalue weighted by molar-refractivity contribution is 0.651. The number of rotatable bonds is 6. The molecule has 0 fully saturated rings. The molecule has 1 N–H and O–H groups in total. The number of hydrogen-bond acceptors (Lipinski definition) is 3. The van der Waals surface area contributed by atoms with Gasteiger partial charge < -0.3 is 5.32 Å². The van der Waals surface area contributed by atoms with E-state index in [0.717, 1.165) is 22.3 Å². The van der Waals surface area contributed by atoms with E-state index >= 15 is 0 Å². The largest absolute Gasteiger partial charge is 0.313 e. The second-order valence-electron chi connectivity index (χ2n) is 5.06. The first kappa shape index (κ1) is 16.6. The molecule has 2 aromatic rings. The highest BCUT2D eigenvalue weighted by Crippen LogP contribution is 2.30. The lowest BCUT2D eigenvalue weighted by Gasteiger charge is -2.12. The van der Waals surface area contributed by atoms with Crippen molar-refractivity contribution in [2.24, 2.45) is 7.05 Å². The predicted octanol–water partition coefficient (Wildman–Crippen LogP) is 4.32. The lowest BCUT2D eigenvalue weighted by Crippen LogP contribution is -2.12. The normalized spacial score (nSPS) is 12.6. The van der Waals surface area contributed by atoms with Crippen LogP contribution in [0.25, 0.3) is 0 Å². The highest BCUT2D eigenvalue weighted by Gasteiger charge is 2.13. The standard InChI is InChI=1S/C16H22BrN3S/c1-5-14-16(17)15(20(4)19-14)10-21-13-8-6-7-12(9-13)11(2)18-3/h6-9,11,18H,5,10H2,1-4H3. The summed E-state index contributed by atoms with van der Waals surface area (Å²) in [5, 5.41) is 7.83. The van der Waals surface area contributed by atoms with Crippen LogP contribution in [0.5, 0.6) is 0 Å². The first-order chi connectivity index (χ1) is 10.1. The summed E-state index contributed by atoms with van der Waals surface area (Å²) < 4.78 is 3.13. The maximum Gasteiger partial charge on any atom is 0.0767 e. The van der Waals surface area contributed by atoms with Crippen molar-refractivity contribution in [3.05, 3.63) is 45.7 Å². The van der Waals surface area contributed by atoms with E-state index in [1.54, 1.807) is 0 Å². The van der Waals surface area contributed by atoms with Gasteiger partial charge in [-0.3, -0.25) is 4.68 Å². The SMILES string of the molecule is CCc1nn(C)c(CSc2cccc(C(C)NC)c2)c1Br. The fourth-order valence-electron chi connectivity index (χ4n) is 2.17. The van der Waals surface area contributed by atoms with E-state index in [4.69, 9.17) is 0 Å². The molecule has 0 radical (unpaired) electrons. The minimum absolute atomic E-state index is 0.376. The molecule has 0 bridgehead atoms. The number of aromatic nitrogens is 2. The van der Waals surface area contributed by atoms with Crippen molar-refractivity contribution in [2.75, 3.05) is 7.05 Å². The van der Waals surface area contributed by atoms with E-state index in [9.17, 15) is 0 Å². The van der Waals surface area contributed by atoms with Crippen LogP contribution in [0.3, 0.4) is 0 Å². The lowest BCUT2D eigenvalue weighted by atomic mass is 10.1. The molecule has 0 aliphatic heterocycles. The summed E-state index contributed by atoms with van der Waals surface area (Å²) in [5.41, 5.74) is 3.69. The van der Waals surface area contributed by atoms with Gasteiger partial charge in [-0.15, -0.1) is 11.8 Å². The van der Waals surface area contributed by atoms with E-state index in [1.807, 2.05) is 30.5 Å². The molecule has 114 valence electrons. The van der Waals surface area contributed by atoms with Crippen LogP contribution < -0.4 is 5.32 Å². The predicted molar refractivity (Wildman–Crippen MR) is 93.8 cm³/mol. The number of hydrogen-bond donors (Lipinski definition) is 1. The molecule has 5 heteroatoms. The summed E-state index contributed by atoms with van der Waals surface area (Å²) in [6, 6.07) is 9.10. The Morgan fingerprint density at radius 1 is 1.43 bits per heavy atom. The molecular formula is C16H22BrN3S. The zero-order chi connectivity index (χ0) is 15.4. The molecule has 1 unspecified atom stereocenters. The first-order valence-corrected chi connectivity index (χ1v) is 8.95. The number of nitrogens with zero attached hydrogens (tertiary/aromatic N) is 2. The minimum Gasteiger partial charge on any atom is -0.313 e. The molecule has 0 saturated heterocycles. The molecular weight excluding hydrogens is 346 g/mol. The van der Waals surface area contributed by atoms with Crippen LogP contribution in [0, 0.1) is 0 Å². The maximum absolute atomic E-state index is 4.55. The van der Waals surface area contributed by atoms with Gasteiger partial charge >= 0.3 is 0 Å². The van der Waals surface area contributed by atoms with Gasteiger partial charge in [-0.05, 0) is 54.0 Å². The van der Waals surface area contributed by atoms with Crippen LogP contribution in [-0.2, 0) is 19.2 Å². The molecule has 1 heterocycles. The Labute approximate surface area is 139 Å². The summed E-state index contributed by atoms with van der Waals surface area (Å²) >= 11 is 5.53. The van der Waals surface area contributed by atoms with Crippen molar-refractivity contribution in [2.45, 2.75) is 37.0 Å². The van der Waals surface area contributed by atoms with E-state index in [0.29, 0.717) is 6.04 Å². The monoisotopic (exact) mass is 367 g/mol. The molecule has 0 amide bonds. The van der Waals surface area contributed by atoms with Crippen molar-refractivity contribution >= 4 is 27.7 Å². The van der Waals surface area contributed by atoms with Gasteiger partial charge in [0.25, 0.3) is 0 Å². The van der Waals surface area contributed by atoms with Gasteiger partial charge in [-0.25, -0.2) is 0 Å². The zero-order valence-corrected chi connectivity index (χ0v) is 15.4. The fraction of sp³-hybridized carbons (Fsp3) is 0.438.